The molecule has 0 unspecified atom stereocenters. The van der Waals surface area contributed by atoms with Crippen LogP contribution in [0.15, 0.2) is 63.1 Å². The van der Waals surface area contributed by atoms with Gasteiger partial charge in [0.15, 0.2) is 11.3 Å². The maximum atomic E-state index is 12.5. The van der Waals surface area contributed by atoms with Crippen LogP contribution in [0.25, 0.3) is 32.8 Å². The Morgan fingerprint density at radius 2 is 1.97 bits per heavy atom. The van der Waals surface area contributed by atoms with E-state index in [9.17, 15) is 4.79 Å². The lowest BCUT2D eigenvalue weighted by Crippen LogP contribution is -2.03. The van der Waals surface area contributed by atoms with E-state index in [4.69, 9.17) is 13.9 Å². The van der Waals surface area contributed by atoms with Crippen molar-refractivity contribution in [3.63, 3.8) is 0 Å². The third-order valence-corrected chi connectivity index (χ3v) is 5.47. The van der Waals surface area contributed by atoms with Gasteiger partial charge in [0.05, 0.1) is 25.0 Å². The van der Waals surface area contributed by atoms with Crippen LogP contribution in [0.5, 0.6) is 11.5 Å². The first kappa shape index (κ1) is 19.2. The molecule has 2 aromatic heterocycles. The number of aromatic nitrogens is 1. The van der Waals surface area contributed by atoms with E-state index in [1.54, 1.807) is 19.2 Å². The number of ether oxygens (including phenoxy) is 2. The van der Waals surface area contributed by atoms with E-state index in [1.165, 1.54) is 11.3 Å². The molecule has 0 aliphatic heterocycles. The second kappa shape index (κ2) is 8.49. The summed E-state index contributed by atoms with van der Waals surface area (Å²) in [7, 11) is 1.55. The van der Waals surface area contributed by atoms with Crippen molar-refractivity contribution in [1.29, 1.82) is 0 Å². The molecule has 0 bridgehead atoms. The summed E-state index contributed by atoms with van der Waals surface area (Å²) in [6.07, 6.45) is 2.15. The van der Waals surface area contributed by atoms with Gasteiger partial charge in [-0.05, 0) is 42.8 Å². The van der Waals surface area contributed by atoms with Crippen molar-refractivity contribution in [3.8, 4) is 33.3 Å². The van der Waals surface area contributed by atoms with Crippen LogP contribution in [0.1, 0.15) is 19.8 Å². The summed E-state index contributed by atoms with van der Waals surface area (Å²) in [5, 5.41) is 3.36. The quantitative estimate of drug-likeness (QED) is 0.287. The van der Waals surface area contributed by atoms with Crippen molar-refractivity contribution in [2.24, 2.45) is 0 Å². The van der Waals surface area contributed by atoms with Gasteiger partial charge in [-0.25, -0.2) is 9.78 Å². The average molecular weight is 407 g/mol. The Hall–Kier alpha value is -3.12. The minimum absolute atomic E-state index is 0.428. The largest absolute Gasteiger partial charge is 0.494 e. The summed E-state index contributed by atoms with van der Waals surface area (Å²) in [5.74, 6) is 1.38. The normalized spacial score (nSPS) is 11.0. The van der Waals surface area contributed by atoms with Crippen LogP contribution >= 0.6 is 11.3 Å². The molecule has 0 atom stereocenters. The monoisotopic (exact) mass is 407 g/mol. The Kier molecular flexibility index (Phi) is 5.62. The molecule has 29 heavy (non-hydrogen) atoms. The molecule has 4 rings (SSSR count). The van der Waals surface area contributed by atoms with E-state index in [0.717, 1.165) is 41.8 Å². The SMILES string of the molecule is CCCCOc1ccc(-c2csc(-c3cc4cccc(OC)c4oc3=O)n2)cc1. The van der Waals surface area contributed by atoms with E-state index in [-0.39, 0.29) is 0 Å². The minimum Gasteiger partial charge on any atom is -0.494 e. The van der Waals surface area contributed by atoms with Gasteiger partial charge in [0, 0.05) is 16.3 Å². The van der Waals surface area contributed by atoms with Gasteiger partial charge in [0.25, 0.3) is 0 Å². The molecule has 0 saturated heterocycles. The van der Waals surface area contributed by atoms with Gasteiger partial charge in [-0.2, -0.15) is 0 Å². The second-order valence-corrected chi connectivity index (χ2v) is 7.45. The molecule has 0 fully saturated rings. The Bertz CT molecular complexity index is 1180. The summed E-state index contributed by atoms with van der Waals surface area (Å²) < 4.78 is 16.5. The third-order valence-electron chi connectivity index (χ3n) is 4.60. The van der Waals surface area contributed by atoms with Crippen molar-refractivity contribution in [1.82, 2.24) is 4.98 Å². The number of nitrogens with zero attached hydrogens (tertiary/aromatic N) is 1. The van der Waals surface area contributed by atoms with Gasteiger partial charge < -0.3 is 13.9 Å². The zero-order valence-corrected chi connectivity index (χ0v) is 17.1. The number of hydrogen-bond acceptors (Lipinski definition) is 6. The molecule has 0 amide bonds. The van der Waals surface area contributed by atoms with Crippen molar-refractivity contribution >= 4 is 22.3 Å². The van der Waals surface area contributed by atoms with Gasteiger partial charge in [0.1, 0.15) is 10.8 Å². The maximum absolute atomic E-state index is 12.5. The van der Waals surface area contributed by atoms with E-state index >= 15 is 0 Å². The third kappa shape index (κ3) is 4.03. The first-order chi connectivity index (χ1) is 14.2. The Balaban J connectivity index is 1.62. The maximum Gasteiger partial charge on any atom is 0.346 e. The zero-order chi connectivity index (χ0) is 20.2. The van der Waals surface area contributed by atoms with Crippen LogP contribution in [-0.2, 0) is 0 Å². The van der Waals surface area contributed by atoms with Gasteiger partial charge in [-0.15, -0.1) is 11.3 Å². The second-order valence-electron chi connectivity index (χ2n) is 6.59. The van der Waals surface area contributed by atoms with Gasteiger partial charge >= 0.3 is 5.63 Å². The Morgan fingerprint density at radius 1 is 1.14 bits per heavy atom. The average Bonchev–Trinajstić information content (AvgIpc) is 3.23. The van der Waals surface area contributed by atoms with Crippen LogP contribution < -0.4 is 15.1 Å². The summed E-state index contributed by atoms with van der Waals surface area (Å²) in [6, 6.07) is 15.2. The highest BCUT2D eigenvalue weighted by atomic mass is 32.1. The predicted molar refractivity (Wildman–Crippen MR) is 116 cm³/mol. The molecule has 0 aliphatic rings. The van der Waals surface area contributed by atoms with Crippen molar-refractivity contribution in [2.45, 2.75) is 19.8 Å². The fourth-order valence-corrected chi connectivity index (χ4v) is 3.85. The molecular weight excluding hydrogens is 386 g/mol. The highest BCUT2D eigenvalue weighted by molar-refractivity contribution is 7.13. The molecule has 5 nitrogen and oxygen atoms in total. The number of unbranched alkanes of at least 4 members (excludes halogenated alkanes) is 1. The smallest absolute Gasteiger partial charge is 0.346 e. The lowest BCUT2D eigenvalue weighted by Gasteiger charge is -2.05. The summed E-state index contributed by atoms with van der Waals surface area (Å²) in [6.45, 7) is 2.86. The van der Waals surface area contributed by atoms with Gasteiger partial charge in [-0.3, -0.25) is 0 Å². The Labute approximate surface area is 172 Å². The highest BCUT2D eigenvalue weighted by Crippen LogP contribution is 2.31. The summed E-state index contributed by atoms with van der Waals surface area (Å²) >= 11 is 1.42. The minimum atomic E-state index is -0.428. The number of para-hydroxylation sites is 1. The number of rotatable bonds is 7. The van der Waals surface area contributed by atoms with Gasteiger partial charge in [0.2, 0.25) is 0 Å². The fraction of sp³-hybridized carbons (Fsp3) is 0.217. The number of fused-ring (bicyclic) bond motifs is 1. The van der Waals surface area contributed by atoms with Gasteiger partial charge in [-0.1, -0.05) is 25.5 Å². The van der Waals surface area contributed by atoms with Crippen LogP contribution in [0.4, 0.5) is 0 Å². The van der Waals surface area contributed by atoms with E-state index in [0.29, 0.717) is 21.9 Å². The molecule has 0 saturated carbocycles. The summed E-state index contributed by atoms with van der Waals surface area (Å²) in [5.41, 5.74) is 2.25. The zero-order valence-electron chi connectivity index (χ0n) is 16.3. The van der Waals surface area contributed by atoms with Crippen molar-refractivity contribution < 1.29 is 13.9 Å². The molecule has 0 N–H and O–H groups in total. The van der Waals surface area contributed by atoms with E-state index < -0.39 is 5.63 Å². The molecule has 2 aromatic carbocycles. The fourth-order valence-electron chi connectivity index (χ4n) is 3.01. The molecule has 0 radical (unpaired) electrons. The van der Waals surface area contributed by atoms with Crippen LogP contribution in [-0.4, -0.2) is 18.7 Å². The lowest BCUT2D eigenvalue weighted by atomic mass is 10.1. The van der Waals surface area contributed by atoms with Crippen LogP contribution in [0.3, 0.4) is 0 Å². The highest BCUT2D eigenvalue weighted by Gasteiger charge is 2.14. The standard InChI is InChI=1S/C23H21NO4S/c1-3-4-12-27-17-10-8-15(9-11-17)19-14-29-22(24-19)18-13-16-6-5-7-20(26-2)21(16)28-23(18)25/h5-11,13-14H,3-4,12H2,1-2H3. The van der Waals surface area contributed by atoms with Crippen molar-refractivity contribution in [3.05, 3.63) is 64.3 Å². The lowest BCUT2D eigenvalue weighted by molar-refractivity contribution is 0.309. The molecule has 6 heteroatoms. The summed E-state index contributed by atoms with van der Waals surface area (Å²) in [4.78, 5) is 17.2. The molecule has 4 aromatic rings. The molecule has 2 heterocycles. The number of methoxy groups -OCH3 is 1. The van der Waals surface area contributed by atoms with Crippen LogP contribution in [0.2, 0.25) is 0 Å². The number of benzene rings is 2. The first-order valence-electron chi connectivity index (χ1n) is 9.49. The van der Waals surface area contributed by atoms with Crippen molar-refractivity contribution in [2.75, 3.05) is 13.7 Å². The topological polar surface area (TPSA) is 61.6 Å². The van der Waals surface area contributed by atoms with E-state index in [1.807, 2.05) is 41.8 Å². The van der Waals surface area contributed by atoms with Crippen LogP contribution in [0, 0.1) is 0 Å². The molecule has 148 valence electrons. The molecular formula is C23H21NO4S. The number of hydrogen-bond donors (Lipinski definition) is 0. The molecule has 0 aliphatic carbocycles. The Morgan fingerprint density at radius 3 is 2.72 bits per heavy atom. The first-order valence-corrected chi connectivity index (χ1v) is 10.4. The molecule has 0 spiro atoms. The van der Waals surface area contributed by atoms with E-state index in [2.05, 4.69) is 11.9 Å². The predicted octanol–water partition coefficient (Wildman–Crippen LogP) is 5.77. The number of thiazole rings is 1.